The van der Waals surface area contributed by atoms with Crippen LogP contribution in [-0.2, 0) is 4.79 Å². The first-order chi connectivity index (χ1) is 9.48. The maximum atomic E-state index is 12.1. The highest BCUT2D eigenvalue weighted by molar-refractivity contribution is 5.93. The third kappa shape index (κ3) is 2.58. The third-order valence-electron chi connectivity index (χ3n) is 4.44. The maximum absolute atomic E-state index is 12.1. The summed E-state index contributed by atoms with van der Waals surface area (Å²) in [4.78, 5) is 14.1. The molecule has 2 fully saturated rings. The number of benzene rings is 1. The number of aryl methyl sites for hydroxylation is 2. The van der Waals surface area contributed by atoms with Gasteiger partial charge in [-0.05, 0) is 43.7 Å². The Morgan fingerprint density at radius 2 is 1.95 bits per heavy atom. The Hall–Kier alpha value is -1.39. The summed E-state index contributed by atoms with van der Waals surface area (Å²) in [6, 6.07) is 5.99. The number of hydrogen-bond acceptors (Lipinski definition) is 3. The molecule has 1 aliphatic heterocycles. The molecule has 1 aromatic rings. The second-order valence-corrected chi connectivity index (χ2v) is 6.34. The van der Waals surface area contributed by atoms with Gasteiger partial charge in [-0.3, -0.25) is 9.69 Å². The number of hydrogen-bond donors (Lipinski definition) is 2. The Labute approximate surface area is 119 Å². The fraction of sp³-hybridized carbons (Fsp3) is 0.562. The summed E-state index contributed by atoms with van der Waals surface area (Å²) in [7, 11) is 0. The van der Waals surface area contributed by atoms with E-state index in [-0.39, 0.29) is 5.91 Å². The molecular weight excluding hydrogens is 252 g/mol. The molecule has 4 heteroatoms. The summed E-state index contributed by atoms with van der Waals surface area (Å²) >= 11 is 0. The second-order valence-electron chi connectivity index (χ2n) is 6.34. The zero-order valence-electron chi connectivity index (χ0n) is 12.1. The second kappa shape index (κ2) is 4.86. The molecule has 1 saturated heterocycles. The van der Waals surface area contributed by atoms with E-state index in [4.69, 9.17) is 0 Å². The van der Waals surface area contributed by atoms with Gasteiger partial charge in [-0.1, -0.05) is 18.2 Å². The number of amides is 1. The van der Waals surface area contributed by atoms with Gasteiger partial charge in [-0.2, -0.15) is 0 Å². The fourth-order valence-electron chi connectivity index (χ4n) is 3.11. The SMILES string of the molecule is Cc1cccc(C)c1NC(=O)CN1CC(O)(C2CC2)C1. The van der Waals surface area contributed by atoms with Gasteiger partial charge in [0.2, 0.25) is 5.91 Å². The number of nitrogens with one attached hydrogen (secondary N) is 1. The van der Waals surface area contributed by atoms with Gasteiger partial charge >= 0.3 is 0 Å². The lowest BCUT2D eigenvalue weighted by Crippen LogP contribution is -2.64. The molecule has 108 valence electrons. The summed E-state index contributed by atoms with van der Waals surface area (Å²) in [6.45, 7) is 5.63. The van der Waals surface area contributed by atoms with Crippen LogP contribution < -0.4 is 5.32 Å². The van der Waals surface area contributed by atoms with E-state index in [9.17, 15) is 9.90 Å². The predicted octanol–water partition coefficient (Wildman–Crippen LogP) is 1.70. The average molecular weight is 274 g/mol. The maximum Gasteiger partial charge on any atom is 0.238 e. The van der Waals surface area contributed by atoms with Crippen molar-refractivity contribution in [2.24, 2.45) is 5.92 Å². The highest BCUT2D eigenvalue weighted by Gasteiger charge is 2.51. The van der Waals surface area contributed by atoms with Crippen LogP contribution in [0.5, 0.6) is 0 Å². The van der Waals surface area contributed by atoms with Crippen LogP contribution in [0.2, 0.25) is 0 Å². The normalized spacial score (nSPS) is 21.4. The Balaban J connectivity index is 1.53. The number of rotatable bonds is 4. The minimum Gasteiger partial charge on any atom is -0.387 e. The summed E-state index contributed by atoms with van der Waals surface area (Å²) in [5.74, 6) is 0.473. The van der Waals surface area contributed by atoms with E-state index in [1.165, 1.54) is 0 Å². The fourth-order valence-corrected chi connectivity index (χ4v) is 3.11. The van der Waals surface area contributed by atoms with Gasteiger partial charge in [0.05, 0.1) is 12.1 Å². The lowest BCUT2D eigenvalue weighted by Gasteiger charge is -2.46. The summed E-state index contributed by atoms with van der Waals surface area (Å²) in [5, 5.41) is 13.2. The van der Waals surface area contributed by atoms with Gasteiger partial charge in [0.1, 0.15) is 0 Å². The number of carbonyl (C=O) groups is 1. The molecule has 4 nitrogen and oxygen atoms in total. The minimum atomic E-state index is -0.515. The molecule has 1 saturated carbocycles. The molecule has 1 aliphatic carbocycles. The lowest BCUT2D eigenvalue weighted by molar-refractivity contribution is -0.132. The van der Waals surface area contributed by atoms with Crippen LogP contribution in [0.15, 0.2) is 18.2 Å². The molecule has 0 unspecified atom stereocenters. The van der Waals surface area contributed by atoms with Crippen LogP contribution in [0, 0.1) is 19.8 Å². The van der Waals surface area contributed by atoms with Gasteiger partial charge < -0.3 is 10.4 Å². The zero-order valence-corrected chi connectivity index (χ0v) is 12.1. The molecule has 0 radical (unpaired) electrons. The van der Waals surface area contributed by atoms with Gasteiger partial charge in [-0.15, -0.1) is 0 Å². The highest BCUT2D eigenvalue weighted by Crippen LogP contribution is 2.44. The topological polar surface area (TPSA) is 52.6 Å². The number of para-hydroxylation sites is 1. The van der Waals surface area contributed by atoms with Crippen molar-refractivity contribution in [3.05, 3.63) is 29.3 Å². The molecule has 1 heterocycles. The Morgan fingerprint density at radius 3 is 2.50 bits per heavy atom. The summed E-state index contributed by atoms with van der Waals surface area (Å²) < 4.78 is 0. The van der Waals surface area contributed by atoms with E-state index in [1.807, 2.05) is 36.9 Å². The molecule has 0 bridgehead atoms. The highest BCUT2D eigenvalue weighted by atomic mass is 16.3. The minimum absolute atomic E-state index is 0.000229. The van der Waals surface area contributed by atoms with E-state index >= 15 is 0 Å². The summed E-state index contributed by atoms with van der Waals surface area (Å²) in [5.41, 5.74) is 2.56. The first kappa shape index (κ1) is 13.6. The van der Waals surface area contributed by atoms with Crippen molar-refractivity contribution in [1.29, 1.82) is 0 Å². The zero-order chi connectivity index (χ0) is 14.3. The predicted molar refractivity (Wildman–Crippen MR) is 78.7 cm³/mol. The molecular formula is C16H22N2O2. The lowest BCUT2D eigenvalue weighted by atomic mass is 9.89. The number of β-amino-alcohol motifs (C(OH)–C–C–N with tert-alkyl or cyclic N) is 1. The largest absolute Gasteiger partial charge is 0.387 e. The molecule has 2 aliphatic rings. The van der Waals surface area contributed by atoms with E-state index in [2.05, 4.69) is 5.32 Å². The number of aliphatic hydroxyl groups is 1. The standard InChI is InChI=1S/C16H22N2O2/c1-11-4-3-5-12(2)15(11)17-14(19)8-18-9-16(20,10-18)13-6-7-13/h3-5,13,20H,6-10H2,1-2H3,(H,17,19). The van der Waals surface area contributed by atoms with Gasteiger partial charge in [0, 0.05) is 18.8 Å². The van der Waals surface area contributed by atoms with Crippen LogP contribution in [0.3, 0.4) is 0 Å². The third-order valence-corrected chi connectivity index (χ3v) is 4.44. The first-order valence-corrected chi connectivity index (χ1v) is 7.29. The van der Waals surface area contributed by atoms with Crippen LogP contribution in [0.1, 0.15) is 24.0 Å². The molecule has 0 atom stereocenters. The van der Waals surface area contributed by atoms with Crippen molar-refractivity contribution in [1.82, 2.24) is 4.90 Å². The summed E-state index contributed by atoms with van der Waals surface area (Å²) in [6.07, 6.45) is 2.28. The van der Waals surface area contributed by atoms with Crippen molar-refractivity contribution in [3.8, 4) is 0 Å². The van der Waals surface area contributed by atoms with Crippen LogP contribution >= 0.6 is 0 Å². The Bertz CT molecular complexity index is 511. The molecule has 0 aromatic heterocycles. The molecule has 20 heavy (non-hydrogen) atoms. The van der Waals surface area contributed by atoms with Crippen molar-refractivity contribution in [2.45, 2.75) is 32.3 Å². The number of nitrogens with zero attached hydrogens (tertiary/aromatic N) is 1. The number of likely N-dealkylation sites (tertiary alicyclic amines) is 1. The van der Waals surface area contributed by atoms with Gasteiger partial charge in [0.15, 0.2) is 0 Å². The molecule has 2 N–H and O–H groups in total. The van der Waals surface area contributed by atoms with E-state index in [0.29, 0.717) is 25.6 Å². The van der Waals surface area contributed by atoms with Crippen LogP contribution in [0.4, 0.5) is 5.69 Å². The molecule has 3 rings (SSSR count). The average Bonchev–Trinajstić information content (AvgIpc) is 3.16. The van der Waals surface area contributed by atoms with Crippen LogP contribution in [-0.4, -0.2) is 41.1 Å². The number of anilines is 1. The molecule has 1 aromatic carbocycles. The van der Waals surface area contributed by atoms with E-state index in [1.54, 1.807) is 0 Å². The van der Waals surface area contributed by atoms with Crippen molar-refractivity contribution < 1.29 is 9.90 Å². The Morgan fingerprint density at radius 1 is 1.35 bits per heavy atom. The van der Waals surface area contributed by atoms with Crippen molar-refractivity contribution in [2.75, 3.05) is 25.0 Å². The monoisotopic (exact) mass is 274 g/mol. The van der Waals surface area contributed by atoms with Crippen molar-refractivity contribution >= 4 is 11.6 Å². The smallest absolute Gasteiger partial charge is 0.238 e. The Kier molecular flexibility index (Phi) is 3.30. The van der Waals surface area contributed by atoms with E-state index < -0.39 is 5.60 Å². The number of carbonyl (C=O) groups excluding carboxylic acids is 1. The first-order valence-electron chi connectivity index (χ1n) is 7.29. The van der Waals surface area contributed by atoms with Crippen LogP contribution in [0.25, 0.3) is 0 Å². The molecule has 0 spiro atoms. The van der Waals surface area contributed by atoms with E-state index in [0.717, 1.165) is 29.7 Å². The van der Waals surface area contributed by atoms with Crippen molar-refractivity contribution in [3.63, 3.8) is 0 Å². The molecule has 1 amide bonds. The van der Waals surface area contributed by atoms with Gasteiger partial charge in [0.25, 0.3) is 0 Å². The quantitative estimate of drug-likeness (QED) is 0.878. The van der Waals surface area contributed by atoms with Gasteiger partial charge in [-0.25, -0.2) is 0 Å².